The molecule has 0 heterocycles. The summed E-state index contributed by atoms with van der Waals surface area (Å²) in [6, 6.07) is 6.76. The van der Waals surface area contributed by atoms with Crippen molar-refractivity contribution in [1.29, 1.82) is 0 Å². The summed E-state index contributed by atoms with van der Waals surface area (Å²) in [5.74, 6) is 1.33. The highest BCUT2D eigenvalue weighted by molar-refractivity contribution is 14.0. The first kappa shape index (κ1) is 19.2. The van der Waals surface area contributed by atoms with Gasteiger partial charge in [0.2, 0.25) is 0 Å². The van der Waals surface area contributed by atoms with Gasteiger partial charge in [-0.15, -0.1) is 24.0 Å². The Morgan fingerprint density at radius 2 is 2.14 bits per heavy atom. The van der Waals surface area contributed by atoms with Crippen molar-refractivity contribution < 1.29 is 9.13 Å². The Bertz CT molecular complexity index is 480. The van der Waals surface area contributed by atoms with E-state index >= 15 is 0 Å². The number of rotatable bonds is 7. The molecule has 1 aliphatic carbocycles. The zero-order chi connectivity index (χ0) is 15.1. The van der Waals surface area contributed by atoms with Crippen LogP contribution >= 0.6 is 24.0 Å². The van der Waals surface area contributed by atoms with Crippen molar-refractivity contribution in [3.63, 3.8) is 0 Å². The fourth-order valence-corrected chi connectivity index (χ4v) is 2.04. The van der Waals surface area contributed by atoms with Gasteiger partial charge in [0, 0.05) is 39.4 Å². The quantitative estimate of drug-likeness (QED) is 0.319. The van der Waals surface area contributed by atoms with Gasteiger partial charge in [-0.05, 0) is 24.8 Å². The number of likely N-dealkylation sites (N-methyl/N-ethyl adjacent to an activating group) is 1. The van der Waals surface area contributed by atoms with Crippen LogP contribution in [0.1, 0.15) is 18.4 Å². The first-order valence-corrected chi connectivity index (χ1v) is 7.43. The average molecular weight is 421 g/mol. The molecule has 1 N–H and O–H groups in total. The molecule has 0 aromatic heterocycles. The minimum absolute atomic E-state index is 0. The van der Waals surface area contributed by atoms with E-state index in [-0.39, 0.29) is 29.8 Å². The van der Waals surface area contributed by atoms with Gasteiger partial charge in [-0.2, -0.15) is 0 Å². The van der Waals surface area contributed by atoms with Crippen LogP contribution < -0.4 is 5.32 Å². The normalized spacial score (nSPS) is 14.4. The fourth-order valence-electron chi connectivity index (χ4n) is 2.04. The Balaban J connectivity index is 0.00000242. The molecule has 6 heteroatoms. The van der Waals surface area contributed by atoms with Crippen molar-refractivity contribution in [3.05, 3.63) is 35.6 Å². The molecule has 124 valence electrons. The van der Waals surface area contributed by atoms with Crippen LogP contribution in [0.2, 0.25) is 0 Å². The van der Waals surface area contributed by atoms with E-state index < -0.39 is 0 Å². The standard InChI is InChI=1S/C16H24FN3O.HI/c1-18-16(19-11-14-5-3-4-6-15(14)17)20(2)9-10-21-12-13-7-8-13;/h3-6,13H,7-12H2,1-2H3,(H,18,19);1H. The molecule has 0 bridgehead atoms. The number of hydrogen-bond acceptors (Lipinski definition) is 2. The predicted octanol–water partition coefficient (Wildman–Crippen LogP) is 2.88. The molecule has 0 aliphatic heterocycles. The van der Waals surface area contributed by atoms with E-state index in [2.05, 4.69) is 10.3 Å². The zero-order valence-corrected chi connectivity index (χ0v) is 15.5. The Morgan fingerprint density at radius 1 is 1.41 bits per heavy atom. The Labute approximate surface area is 149 Å². The van der Waals surface area contributed by atoms with Gasteiger partial charge < -0.3 is 15.0 Å². The lowest BCUT2D eigenvalue weighted by atomic mass is 10.2. The molecule has 1 saturated carbocycles. The maximum atomic E-state index is 13.6. The highest BCUT2D eigenvalue weighted by Crippen LogP contribution is 2.28. The fraction of sp³-hybridized carbons (Fsp3) is 0.562. The number of nitrogens with one attached hydrogen (secondary N) is 1. The van der Waals surface area contributed by atoms with Crippen LogP contribution in [-0.2, 0) is 11.3 Å². The molecule has 1 fully saturated rings. The molecule has 0 unspecified atom stereocenters. The van der Waals surface area contributed by atoms with Crippen LogP contribution in [0.3, 0.4) is 0 Å². The number of hydrogen-bond donors (Lipinski definition) is 1. The molecule has 0 spiro atoms. The molecule has 4 nitrogen and oxygen atoms in total. The second kappa shape index (κ2) is 9.99. The van der Waals surface area contributed by atoms with Gasteiger partial charge in [-0.3, -0.25) is 4.99 Å². The number of aliphatic imine (C=N–C) groups is 1. The number of halogens is 2. The third-order valence-electron chi connectivity index (χ3n) is 3.59. The van der Waals surface area contributed by atoms with Gasteiger partial charge in [0.15, 0.2) is 5.96 Å². The van der Waals surface area contributed by atoms with E-state index in [4.69, 9.17) is 4.74 Å². The van der Waals surface area contributed by atoms with Crippen molar-refractivity contribution in [1.82, 2.24) is 10.2 Å². The molecule has 0 radical (unpaired) electrons. The summed E-state index contributed by atoms with van der Waals surface area (Å²) in [6.07, 6.45) is 2.61. The zero-order valence-electron chi connectivity index (χ0n) is 13.2. The number of nitrogens with zero attached hydrogens (tertiary/aromatic N) is 2. The SMILES string of the molecule is CN=C(NCc1ccccc1F)N(C)CCOCC1CC1.I. The van der Waals surface area contributed by atoms with Gasteiger partial charge >= 0.3 is 0 Å². The van der Waals surface area contributed by atoms with Crippen molar-refractivity contribution in [2.24, 2.45) is 10.9 Å². The number of guanidine groups is 1. The van der Waals surface area contributed by atoms with Crippen LogP contribution in [0.25, 0.3) is 0 Å². The summed E-state index contributed by atoms with van der Waals surface area (Å²) in [5, 5.41) is 3.17. The molecule has 22 heavy (non-hydrogen) atoms. The molecule has 1 aromatic rings. The molecule has 0 saturated heterocycles. The molecular formula is C16H25FIN3O. The highest BCUT2D eigenvalue weighted by atomic mass is 127. The maximum Gasteiger partial charge on any atom is 0.193 e. The van der Waals surface area contributed by atoms with Gasteiger partial charge in [-0.25, -0.2) is 4.39 Å². The van der Waals surface area contributed by atoms with E-state index in [1.165, 1.54) is 18.9 Å². The minimum Gasteiger partial charge on any atom is -0.379 e. The van der Waals surface area contributed by atoms with Crippen LogP contribution in [0.5, 0.6) is 0 Å². The smallest absolute Gasteiger partial charge is 0.193 e. The van der Waals surface area contributed by atoms with Crippen molar-refractivity contribution in [2.45, 2.75) is 19.4 Å². The van der Waals surface area contributed by atoms with E-state index in [0.29, 0.717) is 18.7 Å². The molecule has 0 amide bonds. The lowest BCUT2D eigenvalue weighted by Crippen LogP contribution is -2.40. The third-order valence-corrected chi connectivity index (χ3v) is 3.59. The van der Waals surface area contributed by atoms with Crippen LogP contribution in [0, 0.1) is 11.7 Å². The van der Waals surface area contributed by atoms with Crippen molar-refractivity contribution in [2.75, 3.05) is 33.9 Å². The lowest BCUT2D eigenvalue weighted by Gasteiger charge is -2.22. The summed E-state index contributed by atoms with van der Waals surface area (Å²) in [4.78, 5) is 6.21. The predicted molar refractivity (Wildman–Crippen MR) is 98.2 cm³/mol. The van der Waals surface area contributed by atoms with Gasteiger partial charge in [0.1, 0.15) is 5.82 Å². The van der Waals surface area contributed by atoms with E-state index in [0.717, 1.165) is 25.0 Å². The first-order chi connectivity index (χ1) is 10.2. The monoisotopic (exact) mass is 421 g/mol. The Hall–Kier alpha value is -0.890. The minimum atomic E-state index is -0.198. The van der Waals surface area contributed by atoms with E-state index in [9.17, 15) is 4.39 Å². The molecule has 1 aromatic carbocycles. The second-order valence-electron chi connectivity index (χ2n) is 5.43. The maximum absolute atomic E-state index is 13.6. The van der Waals surface area contributed by atoms with Crippen LogP contribution in [0.15, 0.2) is 29.3 Å². The van der Waals surface area contributed by atoms with Crippen LogP contribution in [-0.4, -0.2) is 44.7 Å². The lowest BCUT2D eigenvalue weighted by molar-refractivity contribution is 0.115. The number of benzene rings is 1. The van der Waals surface area contributed by atoms with Gasteiger partial charge in [-0.1, -0.05) is 18.2 Å². The summed E-state index contributed by atoms with van der Waals surface area (Å²) in [6.45, 7) is 2.75. The second-order valence-corrected chi connectivity index (χ2v) is 5.43. The Kier molecular flexibility index (Phi) is 8.70. The summed E-state index contributed by atoms with van der Waals surface area (Å²) < 4.78 is 19.2. The van der Waals surface area contributed by atoms with Crippen LogP contribution in [0.4, 0.5) is 4.39 Å². The summed E-state index contributed by atoms with van der Waals surface area (Å²) in [5.41, 5.74) is 0.636. The molecule has 1 aliphatic rings. The van der Waals surface area contributed by atoms with E-state index in [1.807, 2.05) is 18.0 Å². The number of ether oxygens (including phenoxy) is 1. The van der Waals surface area contributed by atoms with Gasteiger partial charge in [0.05, 0.1) is 6.61 Å². The summed E-state index contributed by atoms with van der Waals surface area (Å²) in [7, 11) is 3.68. The van der Waals surface area contributed by atoms with E-state index in [1.54, 1.807) is 19.2 Å². The average Bonchev–Trinajstić information content (AvgIpc) is 3.30. The molecule has 0 atom stereocenters. The van der Waals surface area contributed by atoms with Crippen molar-refractivity contribution in [3.8, 4) is 0 Å². The highest BCUT2D eigenvalue weighted by Gasteiger charge is 2.21. The van der Waals surface area contributed by atoms with Crippen molar-refractivity contribution >= 4 is 29.9 Å². The van der Waals surface area contributed by atoms with Gasteiger partial charge in [0.25, 0.3) is 0 Å². The third kappa shape index (κ3) is 6.48. The molecule has 2 rings (SSSR count). The Morgan fingerprint density at radius 3 is 2.77 bits per heavy atom. The largest absolute Gasteiger partial charge is 0.379 e. The molecular weight excluding hydrogens is 396 g/mol. The topological polar surface area (TPSA) is 36.9 Å². The first-order valence-electron chi connectivity index (χ1n) is 7.43. The summed E-state index contributed by atoms with van der Waals surface area (Å²) >= 11 is 0.